The van der Waals surface area contributed by atoms with E-state index in [1.165, 1.54) is 34.9 Å². The van der Waals surface area contributed by atoms with Gasteiger partial charge in [-0.05, 0) is 6.92 Å². The summed E-state index contributed by atoms with van der Waals surface area (Å²) < 4.78 is 40.8. The van der Waals surface area contributed by atoms with Crippen molar-refractivity contribution in [3.63, 3.8) is 0 Å². The summed E-state index contributed by atoms with van der Waals surface area (Å²) in [6.07, 6.45) is -1.47. The molecular formula is C18H14Cl2F3N5OS. The summed E-state index contributed by atoms with van der Waals surface area (Å²) in [4.78, 5) is 22.3. The lowest BCUT2D eigenvalue weighted by atomic mass is 10.1. The van der Waals surface area contributed by atoms with Gasteiger partial charge in [0.1, 0.15) is 10.3 Å². The van der Waals surface area contributed by atoms with Crippen molar-refractivity contribution in [2.45, 2.75) is 19.6 Å². The normalized spacial score (nSPS) is 13.3. The fourth-order valence-corrected chi connectivity index (χ4v) is 4.16. The largest absolute Gasteiger partial charge is 0.435 e. The van der Waals surface area contributed by atoms with Crippen LogP contribution in [0.2, 0.25) is 5.15 Å². The Bertz CT molecular complexity index is 1250. The van der Waals surface area contributed by atoms with Crippen molar-refractivity contribution in [1.82, 2.24) is 19.2 Å². The molecule has 3 aromatic heterocycles. The van der Waals surface area contributed by atoms with Crippen molar-refractivity contribution >= 4 is 50.2 Å². The summed E-state index contributed by atoms with van der Waals surface area (Å²) in [5, 5.41) is 3.43. The predicted octanol–water partition coefficient (Wildman–Crippen LogP) is 4.82. The second-order valence-electron chi connectivity index (χ2n) is 6.05. The van der Waals surface area contributed by atoms with Crippen LogP contribution >= 0.6 is 34.5 Å². The Labute approximate surface area is 182 Å². The summed E-state index contributed by atoms with van der Waals surface area (Å²) in [5.74, 6) is 0. The van der Waals surface area contributed by atoms with E-state index in [0.29, 0.717) is 16.2 Å². The van der Waals surface area contributed by atoms with Gasteiger partial charge in [0.05, 0.1) is 17.9 Å². The molecule has 30 heavy (non-hydrogen) atoms. The van der Waals surface area contributed by atoms with E-state index in [1.54, 1.807) is 13.0 Å². The van der Waals surface area contributed by atoms with Crippen LogP contribution in [0.1, 0.15) is 22.0 Å². The van der Waals surface area contributed by atoms with Gasteiger partial charge in [-0.25, -0.2) is 9.67 Å². The number of aliphatic imine (C=N–C) groups is 1. The molecule has 12 heteroatoms. The molecule has 3 rings (SSSR count). The molecule has 0 saturated carbocycles. The van der Waals surface area contributed by atoms with E-state index in [2.05, 4.69) is 21.7 Å². The number of fused-ring (bicyclic) bond motifs is 1. The molecule has 0 aromatic carbocycles. The van der Waals surface area contributed by atoms with Crippen molar-refractivity contribution in [3.05, 3.63) is 68.3 Å². The van der Waals surface area contributed by atoms with Gasteiger partial charge in [0.2, 0.25) is 0 Å². The van der Waals surface area contributed by atoms with E-state index in [0.717, 1.165) is 15.6 Å². The fraction of sp³-hybridized carbons (Fsp3) is 0.222. The second kappa shape index (κ2) is 8.37. The SMILES string of the molecule is C=C/C=C(\C(Cl)=N/C)c1c(C)sc2nc(Cn3nc(C(F)(F)F)cc3Cl)cc(=O)n12. The van der Waals surface area contributed by atoms with Gasteiger partial charge in [0, 0.05) is 29.6 Å². The molecule has 0 amide bonds. The molecule has 0 N–H and O–H groups in total. The summed E-state index contributed by atoms with van der Waals surface area (Å²) in [6, 6.07) is 1.94. The maximum absolute atomic E-state index is 12.8. The van der Waals surface area contributed by atoms with Crippen molar-refractivity contribution < 1.29 is 13.2 Å². The number of aromatic nitrogens is 4. The average Bonchev–Trinajstić information content (AvgIpc) is 3.19. The molecule has 0 radical (unpaired) electrons. The van der Waals surface area contributed by atoms with Crippen LogP contribution < -0.4 is 5.56 Å². The smallest absolute Gasteiger partial charge is 0.276 e. The van der Waals surface area contributed by atoms with E-state index in [-0.39, 0.29) is 22.6 Å². The molecular weight excluding hydrogens is 462 g/mol. The zero-order chi connectivity index (χ0) is 22.2. The van der Waals surface area contributed by atoms with Crippen LogP contribution in [-0.2, 0) is 12.7 Å². The Balaban J connectivity index is 2.11. The third-order valence-electron chi connectivity index (χ3n) is 4.03. The summed E-state index contributed by atoms with van der Waals surface area (Å²) in [5.41, 5.74) is -0.307. The molecule has 6 nitrogen and oxygen atoms in total. The predicted molar refractivity (Wildman–Crippen MR) is 113 cm³/mol. The Morgan fingerprint density at radius 3 is 2.67 bits per heavy atom. The zero-order valence-electron chi connectivity index (χ0n) is 15.7. The highest BCUT2D eigenvalue weighted by atomic mass is 35.5. The first-order valence-corrected chi connectivity index (χ1v) is 9.92. The van der Waals surface area contributed by atoms with Gasteiger partial charge in [-0.3, -0.25) is 14.2 Å². The maximum Gasteiger partial charge on any atom is 0.435 e. The lowest BCUT2D eigenvalue weighted by molar-refractivity contribution is -0.141. The van der Waals surface area contributed by atoms with E-state index in [4.69, 9.17) is 23.2 Å². The van der Waals surface area contributed by atoms with E-state index >= 15 is 0 Å². The summed E-state index contributed by atoms with van der Waals surface area (Å²) in [6.45, 7) is 5.26. The van der Waals surface area contributed by atoms with Crippen LogP contribution in [0.15, 0.2) is 40.7 Å². The van der Waals surface area contributed by atoms with Crippen LogP contribution in [0, 0.1) is 6.92 Å². The topological polar surface area (TPSA) is 64.5 Å². The van der Waals surface area contributed by atoms with Crippen molar-refractivity contribution in [3.8, 4) is 0 Å². The number of hydrogen-bond acceptors (Lipinski definition) is 5. The number of aryl methyl sites for hydroxylation is 1. The first kappa shape index (κ1) is 22.3. The molecule has 0 saturated heterocycles. The molecule has 0 fully saturated rings. The van der Waals surface area contributed by atoms with Crippen LogP contribution in [-0.4, -0.2) is 31.4 Å². The van der Waals surface area contributed by atoms with Gasteiger partial charge in [0.15, 0.2) is 10.7 Å². The highest BCUT2D eigenvalue weighted by Gasteiger charge is 2.34. The maximum atomic E-state index is 12.8. The minimum absolute atomic E-state index is 0.191. The number of rotatable bonds is 5. The second-order valence-corrected chi connectivity index (χ2v) is 7.98. The number of halogens is 5. The quantitative estimate of drug-likeness (QED) is 0.392. The molecule has 0 aliphatic rings. The van der Waals surface area contributed by atoms with Gasteiger partial charge in [0.25, 0.3) is 5.56 Å². The first-order valence-electron chi connectivity index (χ1n) is 8.35. The molecule has 0 bridgehead atoms. The number of thiazole rings is 1. The summed E-state index contributed by atoms with van der Waals surface area (Å²) in [7, 11) is 1.52. The minimum atomic E-state index is -4.63. The van der Waals surface area contributed by atoms with Crippen LogP contribution in [0.5, 0.6) is 0 Å². The number of allylic oxidation sites excluding steroid dienone is 3. The lowest BCUT2D eigenvalue weighted by Crippen LogP contribution is -2.19. The average molecular weight is 476 g/mol. The van der Waals surface area contributed by atoms with Gasteiger partial charge in [-0.1, -0.05) is 41.9 Å². The van der Waals surface area contributed by atoms with E-state index in [1.807, 2.05) is 0 Å². The zero-order valence-corrected chi connectivity index (χ0v) is 18.0. The Kier molecular flexibility index (Phi) is 6.21. The van der Waals surface area contributed by atoms with Crippen molar-refractivity contribution in [2.24, 2.45) is 4.99 Å². The molecule has 3 aromatic rings. The Hall–Kier alpha value is -2.43. The van der Waals surface area contributed by atoms with Gasteiger partial charge in [-0.15, -0.1) is 11.3 Å². The standard InChI is InChI=1S/C18H14Cl2F3N5OS/c1-4-5-11(16(20)24-3)15-9(2)30-17-25-10(6-14(29)28(15)17)8-27-13(19)7-12(26-27)18(21,22)23/h4-7H,1,8H2,2-3H3/b11-5-,24-16+. The van der Waals surface area contributed by atoms with Crippen molar-refractivity contribution in [2.75, 3.05) is 7.05 Å². The minimum Gasteiger partial charge on any atom is -0.276 e. The molecule has 3 heterocycles. The molecule has 0 aliphatic carbocycles. The third-order valence-corrected chi connectivity index (χ3v) is 5.67. The number of alkyl halides is 3. The Morgan fingerprint density at radius 1 is 1.40 bits per heavy atom. The van der Waals surface area contributed by atoms with Crippen molar-refractivity contribution in [1.29, 1.82) is 0 Å². The van der Waals surface area contributed by atoms with Crippen LogP contribution in [0.4, 0.5) is 13.2 Å². The lowest BCUT2D eigenvalue weighted by Gasteiger charge is -2.07. The highest BCUT2D eigenvalue weighted by Crippen LogP contribution is 2.31. The van der Waals surface area contributed by atoms with E-state index < -0.39 is 17.4 Å². The van der Waals surface area contributed by atoms with Crippen LogP contribution in [0.3, 0.4) is 0 Å². The number of nitrogens with zero attached hydrogens (tertiary/aromatic N) is 5. The molecule has 0 spiro atoms. The molecule has 0 unspecified atom stereocenters. The highest BCUT2D eigenvalue weighted by molar-refractivity contribution is 7.17. The molecule has 0 aliphatic heterocycles. The van der Waals surface area contributed by atoms with Gasteiger partial charge < -0.3 is 0 Å². The van der Waals surface area contributed by atoms with E-state index in [9.17, 15) is 18.0 Å². The first-order chi connectivity index (χ1) is 14.1. The molecule has 158 valence electrons. The fourth-order valence-electron chi connectivity index (χ4n) is 2.80. The van der Waals surface area contributed by atoms with Gasteiger partial charge in [-0.2, -0.15) is 18.3 Å². The monoisotopic (exact) mass is 475 g/mol. The Morgan fingerprint density at radius 2 is 2.10 bits per heavy atom. The van der Waals surface area contributed by atoms with Gasteiger partial charge >= 0.3 is 6.18 Å². The summed E-state index contributed by atoms with van der Waals surface area (Å²) >= 11 is 13.3. The molecule has 0 atom stereocenters. The van der Waals surface area contributed by atoms with Crippen LogP contribution in [0.25, 0.3) is 10.5 Å². The number of hydrogen-bond donors (Lipinski definition) is 0. The third kappa shape index (κ3) is 4.21.